The number of rotatable bonds is 9. The maximum atomic E-state index is 15.3. The van der Waals surface area contributed by atoms with Gasteiger partial charge in [-0.2, -0.15) is 0 Å². The number of hydrogen-bond acceptors (Lipinski definition) is 5. The molecule has 0 aliphatic rings. The monoisotopic (exact) mass is 488 g/mol. The molecule has 0 aliphatic carbocycles. The van der Waals surface area contributed by atoms with Crippen LogP contribution < -0.4 is 14.8 Å². The van der Waals surface area contributed by atoms with Gasteiger partial charge in [-0.25, -0.2) is 14.2 Å². The Morgan fingerprint density at radius 2 is 1.78 bits per heavy atom. The Morgan fingerprint density at radius 3 is 2.50 bits per heavy atom. The fraction of sp³-hybridized carbons (Fsp3) is 0.179. The van der Waals surface area contributed by atoms with Gasteiger partial charge in [-0.3, -0.25) is 4.79 Å². The van der Waals surface area contributed by atoms with E-state index in [1.54, 1.807) is 31.2 Å². The number of nitrogens with one attached hydrogen (secondary N) is 1. The third-order valence-corrected chi connectivity index (χ3v) is 5.68. The molecule has 1 heterocycles. The average molecular weight is 489 g/mol. The molecule has 4 rings (SSSR count). The van der Waals surface area contributed by atoms with Gasteiger partial charge in [0.2, 0.25) is 5.88 Å². The lowest BCUT2D eigenvalue weighted by Gasteiger charge is -2.19. The molecule has 1 aromatic heterocycles. The van der Waals surface area contributed by atoms with E-state index in [2.05, 4.69) is 10.3 Å². The number of carbonyl (C=O) groups is 2. The number of halogens is 1. The Kier molecular flexibility index (Phi) is 7.44. The number of amides is 1. The van der Waals surface area contributed by atoms with Gasteiger partial charge in [-0.05, 0) is 49.1 Å². The summed E-state index contributed by atoms with van der Waals surface area (Å²) in [6.07, 6.45) is 0.281. The summed E-state index contributed by atoms with van der Waals surface area (Å²) in [5.74, 6) is -0.721. The van der Waals surface area contributed by atoms with E-state index < -0.39 is 23.7 Å². The molecule has 1 atom stereocenters. The highest BCUT2D eigenvalue weighted by atomic mass is 19.1. The molecule has 4 aromatic rings. The van der Waals surface area contributed by atoms with Crippen molar-refractivity contribution in [1.82, 2.24) is 10.3 Å². The topological polar surface area (TPSA) is 97.8 Å². The molecule has 0 aliphatic heterocycles. The zero-order chi connectivity index (χ0) is 25.7. The third kappa shape index (κ3) is 5.27. The number of hydrogen-bond donors (Lipinski definition) is 2. The van der Waals surface area contributed by atoms with Crippen LogP contribution in [0.2, 0.25) is 0 Å². The van der Waals surface area contributed by atoms with Gasteiger partial charge in [0, 0.05) is 22.7 Å². The Hall–Kier alpha value is -4.46. The van der Waals surface area contributed by atoms with Crippen molar-refractivity contribution < 1.29 is 28.6 Å². The standard InChI is InChI=1S/C28H25FN2O5/c1-3-35-27-21-11-7-10-20(19(21)12-13-30-27)26(32)23-15-25(36-16-18-8-5-4-6-9-18)22(14-24(23)29)17(2)31-28(33)34/h4-15,17,31H,3,16H2,1-2H3,(H,33,34). The Bertz CT molecular complexity index is 1410. The first kappa shape index (κ1) is 24.7. The number of carboxylic acid groups (broad SMARTS) is 1. The first-order valence-corrected chi connectivity index (χ1v) is 11.4. The van der Waals surface area contributed by atoms with Crippen LogP contribution >= 0.6 is 0 Å². The average Bonchev–Trinajstić information content (AvgIpc) is 2.87. The quantitative estimate of drug-likeness (QED) is 0.284. The van der Waals surface area contributed by atoms with Gasteiger partial charge in [0.15, 0.2) is 5.78 Å². The van der Waals surface area contributed by atoms with Crippen molar-refractivity contribution in [3.05, 3.63) is 101 Å². The number of nitrogens with zero attached hydrogens (tertiary/aromatic N) is 1. The van der Waals surface area contributed by atoms with E-state index >= 15 is 4.39 Å². The van der Waals surface area contributed by atoms with Crippen molar-refractivity contribution >= 4 is 22.6 Å². The lowest BCUT2D eigenvalue weighted by atomic mass is 9.95. The first-order valence-electron chi connectivity index (χ1n) is 11.4. The molecule has 36 heavy (non-hydrogen) atoms. The summed E-state index contributed by atoms with van der Waals surface area (Å²) in [6, 6.07) is 17.8. The van der Waals surface area contributed by atoms with Crippen molar-refractivity contribution in [1.29, 1.82) is 0 Å². The second kappa shape index (κ2) is 10.9. The minimum absolute atomic E-state index is 0.157. The van der Waals surface area contributed by atoms with Crippen LogP contribution in [0.15, 0.2) is 72.9 Å². The molecule has 0 radical (unpaired) electrons. The van der Waals surface area contributed by atoms with Crippen LogP contribution in [0.25, 0.3) is 10.8 Å². The number of pyridine rings is 1. The molecule has 8 heteroatoms. The molecular formula is C28H25FN2O5. The smallest absolute Gasteiger partial charge is 0.405 e. The van der Waals surface area contributed by atoms with Gasteiger partial charge < -0.3 is 19.9 Å². The van der Waals surface area contributed by atoms with Gasteiger partial charge >= 0.3 is 6.09 Å². The largest absolute Gasteiger partial charge is 0.489 e. The summed E-state index contributed by atoms with van der Waals surface area (Å²) >= 11 is 0. The van der Waals surface area contributed by atoms with Crippen LogP contribution in [0, 0.1) is 5.82 Å². The number of ketones is 1. The van der Waals surface area contributed by atoms with Gasteiger partial charge in [0.25, 0.3) is 0 Å². The summed E-state index contributed by atoms with van der Waals surface area (Å²) < 4.78 is 26.9. The van der Waals surface area contributed by atoms with E-state index in [-0.39, 0.29) is 29.0 Å². The SMILES string of the molecule is CCOc1nccc2c(C(=O)c3cc(OCc4ccccc4)c(C(C)NC(=O)O)cc3F)cccc12. The van der Waals surface area contributed by atoms with Crippen LogP contribution in [-0.4, -0.2) is 28.6 Å². The molecule has 1 unspecified atom stereocenters. The molecular weight excluding hydrogens is 463 g/mol. The van der Waals surface area contributed by atoms with Crippen LogP contribution in [-0.2, 0) is 6.61 Å². The predicted octanol–water partition coefficient (Wildman–Crippen LogP) is 5.91. The lowest BCUT2D eigenvalue weighted by Crippen LogP contribution is -2.25. The van der Waals surface area contributed by atoms with E-state index in [0.717, 1.165) is 11.6 Å². The van der Waals surface area contributed by atoms with Gasteiger partial charge in [0.05, 0.1) is 18.2 Å². The summed E-state index contributed by atoms with van der Waals surface area (Å²) in [7, 11) is 0. The third-order valence-electron chi connectivity index (χ3n) is 5.68. The summed E-state index contributed by atoms with van der Waals surface area (Å²) in [5, 5.41) is 12.7. The molecule has 2 N–H and O–H groups in total. The molecule has 0 fully saturated rings. The molecule has 3 aromatic carbocycles. The van der Waals surface area contributed by atoms with Crippen molar-refractivity contribution in [3.8, 4) is 11.6 Å². The van der Waals surface area contributed by atoms with Crippen molar-refractivity contribution in [2.45, 2.75) is 26.5 Å². The minimum Gasteiger partial charge on any atom is -0.489 e. The van der Waals surface area contributed by atoms with Crippen molar-refractivity contribution in [2.24, 2.45) is 0 Å². The predicted molar refractivity (Wildman–Crippen MR) is 133 cm³/mol. The van der Waals surface area contributed by atoms with E-state index in [9.17, 15) is 9.59 Å². The normalized spacial score (nSPS) is 11.6. The highest BCUT2D eigenvalue weighted by Gasteiger charge is 2.23. The zero-order valence-electron chi connectivity index (χ0n) is 19.8. The second-order valence-electron chi connectivity index (χ2n) is 8.09. The molecule has 0 bridgehead atoms. The Labute approximate surface area is 207 Å². The second-order valence-corrected chi connectivity index (χ2v) is 8.09. The zero-order valence-corrected chi connectivity index (χ0v) is 19.8. The van der Waals surface area contributed by atoms with Crippen LogP contribution in [0.1, 0.15) is 46.9 Å². The van der Waals surface area contributed by atoms with E-state index in [1.807, 2.05) is 37.3 Å². The highest BCUT2D eigenvalue weighted by Crippen LogP contribution is 2.33. The summed E-state index contributed by atoms with van der Waals surface area (Å²) in [5.41, 5.74) is 1.24. The highest BCUT2D eigenvalue weighted by molar-refractivity contribution is 6.17. The molecule has 0 saturated heterocycles. The number of fused-ring (bicyclic) bond motifs is 1. The molecule has 7 nitrogen and oxygen atoms in total. The molecule has 0 saturated carbocycles. The van der Waals surface area contributed by atoms with Gasteiger partial charge in [-0.15, -0.1) is 0 Å². The maximum absolute atomic E-state index is 15.3. The molecule has 184 valence electrons. The fourth-order valence-electron chi connectivity index (χ4n) is 3.98. The van der Waals surface area contributed by atoms with Gasteiger partial charge in [0.1, 0.15) is 18.2 Å². The van der Waals surface area contributed by atoms with Crippen LogP contribution in [0.5, 0.6) is 11.6 Å². The first-order chi connectivity index (χ1) is 17.4. The van der Waals surface area contributed by atoms with E-state index in [1.165, 1.54) is 12.3 Å². The van der Waals surface area contributed by atoms with Crippen molar-refractivity contribution in [2.75, 3.05) is 6.61 Å². The van der Waals surface area contributed by atoms with Gasteiger partial charge in [-0.1, -0.05) is 42.5 Å². The number of ether oxygens (including phenoxy) is 2. The maximum Gasteiger partial charge on any atom is 0.405 e. The number of benzene rings is 3. The van der Waals surface area contributed by atoms with Crippen molar-refractivity contribution in [3.63, 3.8) is 0 Å². The number of aromatic nitrogens is 1. The van der Waals surface area contributed by atoms with E-state index in [0.29, 0.717) is 23.3 Å². The number of carbonyl (C=O) groups excluding carboxylic acids is 1. The summed E-state index contributed by atoms with van der Waals surface area (Å²) in [4.78, 5) is 29.0. The van der Waals surface area contributed by atoms with Crippen LogP contribution in [0.3, 0.4) is 0 Å². The Balaban J connectivity index is 1.77. The minimum atomic E-state index is -1.26. The lowest BCUT2D eigenvalue weighted by molar-refractivity contribution is 0.103. The van der Waals surface area contributed by atoms with E-state index in [4.69, 9.17) is 14.6 Å². The fourth-order valence-corrected chi connectivity index (χ4v) is 3.98. The Morgan fingerprint density at radius 1 is 1.00 bits per heavy atom. The summed E-state index contributed by atoms with van der Waals surface area (Å²) in [6.45, 7) is 3.98. The molecule has 1 amide bonds. The van der Waals surface area contributed by atoms with Crippen LogP contribution in [0.4, 0.5) is 9.18 Å². The molecule has 0 spiro atoms.